The zero-order valence-corrected chi connectivity index (χ0v) is 13.8. The molecule has 5 nitrogen and oxygen atoms in total. The molecule has 0 radical (unpaired) electrons. The maximum Gasteiger partial charge on any atom is 0.244 e. The predicted molar refractivity (Wildman–Crippen MR) is 85.5 cm³/mol. The van der Waals surface area contributed by atoms with E-state index in [1.54, 1.807) is 19.1 Å². The number of methoxy groups -OCH3 is 1. The Labute approximate surface area is 132 Å². The molecule has 0 aliphatic carbocycles. The number of anilines is 1. The molecule has 3 N–H and O–H groups in total. The number of nitrogens with two attached hydrogens (primary N) is 1. The summed E-state index contributed by atoms with van der Waals surface area (Å²) in [4.78, 5) is 0.881. The molecule has 0 spiro atoms. The molecule has 0 saturated heterocycles. The first-order valence-electron chi connectivity index (χ1n) is 6.04. The summed E-state index contributed by atoms with van der Waals surface area (Å²) in [6.07, 6.45) is 0. The molecule has 0 aliphatic rings. The van der Waals surface area contributed by atoms with Gasteiger partial charge in [0, 0.05) is 16.6 Å². The quantitative estimate of drug-likeness (QED) is 0.815. The Balaban J connectivity index is 2.30. The third kappa shape index (κ3) is 3.68. The van der Waals surface area contributed by atoms with Gasteiger partial charge in [0.15, 0.2) is 0 Å². The number of hydrogen-bond donors (Lipinski definition) is 2. The molecule has 0 saturated carbocycles. The van der Waals surface area contributed by atoms with E-state index < -0.39 is 16.1 Å². The Hall–Kier alpha value is -1.28. The van der Waals surface area contributed by atoms with Crippen molar-refractivity contribution in [3.8, 4) is 5.75 Å². The first-order valence-corrected chi connectivity index (χ1v) is 8.72. The fourth-order valence-electron chi connectivity index (χ4n) is 1.82. The lowest BCUT2D eigenvalue weighted by molar-refractivity contribution is 0.402. The first kappa shape index (κ1) is 16.1. The van der Waals surface area contributed by atoms with Crippen LogP contribution in [0.5, 0.6) is 5.75 Å². The molecule has 0 amide bonds. The van der Waals surface area contributed by atoms with Crippen LogP contribution >= 0.6 is 22.9 Å². The number of sulfonamides is 1. The van der Waals surface area contributed by atoms with Crippen LogP contribution in [0.2, 0.25) is 4.34 Å². The van der Waals surface area contributed by atoms with Gasteiger partial charge in [0.1, 0.15) is 10.6 Å². The molecule has 0 bridgehead atoms. The minimum atomic E-state index is -3.72. The van der Waals surface area contributed by atoms with Gasteiger partial charge in [-0.25, -0.2) is 13.1 Å². The van der Waals surface area contributed by atoms with E-state index in [9.17, 15) is 8.42 Å². The second-order valence-corrected chi connectivity index (χ2v) is 7.82. The van der Waals surface area contributed by atoms with Gasteiger partial charge in [0.25, 0.3) is 0 Å². The average Bonchev–Trinajstić information content (AvgIpc) is 2.84. The van der Waals surface area contributed by atoms with Gasteiger partial charge >= 0.3 is 0 Å². The van der Waals surface area contributed by atoms with Crippen molar-refractivity contribution >= 4 is 38.6 Å². The molecular formula is C13H15ClN2O3S2. The highest BCUT2D eigenvalue weighted by Crippen LogP contribution is 2.30. The Morgan fingerprint density at radius 1 is 1.33 bits per heavy atom. The monoisotopic (exact) mass is 346 g/mol. The van der Waals surface area contributed by atoms with Crippen molar-refractivity contribution < 1.29 is 13.2 Å². The van der Waals surface area contributed by atoms with Crippen LogP contribution in [-0.4, -0.2) is 15.5 Å². The van der Waals surface area contributed by atoms with Crippen molar-refractivity contribution in [2.45, 2.75) is 17.9 Å². The van der Waals surface area contributed by atoms with Gasteiger partial charge in [-0.15, -0.1) is 11.3 Å². The number of benzene rings is 1. The standard InChI is InChI=1S/C13H15ClN2O3S2/c1-8(11-4-6-13(14)20-11)16-21(17,18)12-5-3-9(15)7-10(12)19-2/h3-8,16H,15H2,1-2H3. The van der Waals surface area contributed by atoms with E-state index in [-0.39, 0.29) is 10.6 Å². The SMILES string of the molecule is COc1cc(N)ccc1S(=O)(=O)NC(C)c1ccc(Cl)s1. The number of rotatable bonds is 5. The molecule has 8 heteroatoms. The number of ether oxygens (including phenoxy) is 1. The van der Waals surface area contributed by atoms with E-state index in [0.29, 0.717) is 10.0 Å². The van der Waals surface area contributed by atoms with Gasteiger partial charge in [-0.2, -0.15) is 0 Å². The molecule has 0 aliphatic heterocycles. The van der Waals surface area contributed by atoms with Crippen molar-refractivity contribution in [3.63, 3.8) is 0 Å². The van der Waals surface area contributed by atoms with Crippen molar-refractivity contribution in [1.29, 1.82) is 0 Å². The van der Waals surface area contributed by atoms with E-state index in [0.717, 1.165) is 4.88 Å². The van der Waals surface area contributed by atoms with Crippen molar-refractivity contribution in [1.82, 2.24) is 4.72 Å². The molecule has 114 valence electrons. The second-order valence-electron chi connectivity index (χ2n) is 4.40. The van der Waals surface area contributed by atoms with E-state index >= 15 is 0 Å². The second kappa shape index (κ2) is 6.23. The average molecular weight is 347 g/mol. The molecular weight excluding hydrogens is 332 g/mol. The zero-order chi connectivity index (χ0) is 15.6. The Bertz CT molecular complexity index is 744. The highest BCUT2D eigenvalue weighted by atomic mass is 35.5. The lowest BCUT2D eigenvalue weighted by Gasteiger charge is -2.15. The number of halogens is 1. The topological polar surface area (TPSA) is 81.4 Å². The lowest BCUT2D eigenvalue weighted by atomic mass is 10.3. The fourth-order valence-corrected chi connectivity index (χ4v) is 4.33. The summed E-state index contributed by atoms with van der Waals surface area (Å²) in [6.45, 7) is 1.75. The molecule has 21 heavy (non-hydrogen) atoms. The summed E-state index contributed by atoms with van der Waals surface area (Å²) in [5.41, 5.74) is 6.07. The van der Waals surface area contributed by atoms with Gasteiger partial charge in [-0.05, 0) is 31.2 Å². The van der Waals surface area contributed by atoms with Crippen LogP contribution in [0.4, 0.5) is 5.69 Å². The Kier molecular flexibility index (Phi) is 4.77. The van der Waals surface area contributed by atoms with Crippen LogP contribution in [0.1, 0.15) is 17.8 Å². The number of thiophene rings is 1. The number of hydrogen-bond acceptors (Lipinski definition) is 5. The zero-order valence-electron chi connectivity index (χ0n) is 11.5. The van der Waals surface area contributed by atoms with Crippen molar-refractivity contribution in [2.75, 3.05) is 12.8 Å². The Morgan fingerprint density at radius 3 is 2.62 bits per heavy atom. The molecule has 1 heterocycles. The maximum absolute atomic E-state index is 12.5. The van der Waals surface area contributed by atoms with Crippen molar-refractivity contribution in [2.24, 2.45) is 0 Å². The minimum absolute atomic E-state index is 0.0497. The first-order chi connectivity index (χ1) is 9.83. The number of nitrogen functional groups attached to an aromatic ring is 1. The highest BCUT2D eigenvalue weighted by Gasteiger charge is 2.23. The normalized spacial score (nSPS) is 13.1. The fraction of sp³-hybridized carbons (Fsp3) is 0.231. The van der Waals surface area contributed by atoms with Crippen LogP contribution in [0.25, 0.3) is 0 Å². The van der Waals surface area contributed by atoms with Crippen LogP contribution in [0.3, 0.4) is 0 Å². The lowest BCUT2D eigenvalue weighted by Crippen LogP contribution is -2.26. The molecule has 0 fully saturated rings. The summed E-state index contributed by atoms with van der Waals surface area (Å²) in [6, 6.07) is 7.54. The van der Waals surface area contributed by atoms with E-state index in [4.69, 9.17) is 22.1 Å². The largest absolute Gasteiger partial charge is 0.495 e. The predicted octanol–water partition coefficient (Wildman–Crippen LogP) is 3.03. The van der Waals surface area contributed by atoms with E-state index in [1.165, 1.54) is 36.6 Å². The van der Waals surface area contributed by atoms with Crippen LogP contribution in [0.15, 0.2) is 35.2 Å². The highest BCUT2D eigenvalue weighted by molar-refractivity contribution is 7.89. The minimum Gasteiger partial charge on any atom is -0.495 e. The van der Waals surface area contributed by atoms with Crippen LogP contribution in [0, 0.1) is 0 Å². The summed E-state index contributed by atoms with van der Waals surface area (Å²) in [7, 11) is -2.33. The summed E-state index contributed by atoms with van der Waals surface area (Å²) in [5, 5.41) is 0. The summed E-state index contributed by atoms with van der Waals surface area (Å²) in [5.74, 6) is 0.207. The number of nitrogens with one attached hydrogen (secondary N) is 1. The van der Waals surface area contributed by atoms with Gasteiger partial charge < -0.3 is 10.5 Å². The third-order valence-electron chi connectivity index (χ3n) is 2.83. The molecule has 2 aromatic rings. The van der Waals surface area contributed by atoms with Gasteiger partial charge in [0.05, 0.1) is 17.5 Å². The van der Waals surface area contributed by atoms with E-state index in [1.807, 2.05) is 0 Å². The van der Waals surface area contributed by atoms with Gasteiger partial charge in [-0.3, -0.25) is 0 Å². The summed E-state index contributed by atoms with van der Waals surface area (Å²) >= 11 is 7.20. The molecule has 2 rings (SSSR count). The van der Waals surface area contributed by atoms with Gasteiger partial charge in [-0.1, -0.05) is 11.6 Å². The van der Waals surface area contributed by atoms with Crippen molar-refractivity contribution in [3.05, 3.63) is 39.5 Å². The molecule has 1 atom stereocenters. The molecule has 1 aromatic heterocycles. The van der Waals surface area contributed by atoms with Gasteiger partial charge in [0.2, 0.25) is 10.0 Å². The maximum atomic E-state index is 12.5. The third-order valence-corrected chi connectivity index (χ3v) is 5.82. The summed E-state index contributed by atoms with van der Waals surface area (Å²) < 4.78 is 33.2. The van der Waals surface area contributed by atoms with Crippen LogP contribution in [-0.2, 0) is 10.0 Å². The van der Waals surface area contributed by atoms with E-state index in [2.05, 4.69) is 4.72 Å². The Morgan fingerprint density at radius 2 is 2.05 bits per heavy atom. The van der Waals surface area contributed by atoms with Crippen LogP contribution < -0.4 is 15.2 Å². The smallest absolute Gasteiger partial charge is 0.244 e. The molecule has 1 unspecified atom stereocenters. The molecule has 1 aromatic carbocycles.